The van der Waals surface area contributed by atoms with E-state index >= 15 is 0 Å². The SMILES string of the molecule is COCCOc1ccc(C(C)(C)[SH2+])cc1. The van der Waals surface area contributed by atoms with Crippen molar-refractivity contribution in [3.8, 4) is 5.75 Å². The van der Waals surface area contributed by atoms with Crippen molar-refractivity contribution in [2.75, 3.05) is 20.3 Å². The molecule has 0 spiro atoms. The smallest absolute Gasteiger partial charge is 0.143 e. The molecule has 0 aliphatic heterocycles. The molecule has 1 rings (SSSR count). The van der Waals surface area contributed by atoms with Crippen molar-refractivity contribution in [3.63, 3.8) is 0 Å². The molecular formula is C12H19O2S+. The standard InChI is InChI=1S/C12H18O2S/c1-12(2,15)10-4-6-11(7-5-10)14-9-8-13-3/h4-7,15H,8-9H2,1-3H3/p+1. The maximum atomic E-state index is 5.47. The van der Waals surface area contributed by atoms with Crippen LogP contribution in [0.5, 0.6) is 5.75 Å². The monoisotopic (exact) mass is 227 g/mol. The topological polar surface area (TPSA) is 18.5 Å². The molecule has 0 N–H and O–H groups in total. The van der Waals surface area contributed by atoms with Gasteiger partial charge in [0.25, 0.3) is 0 Å². The van der Waals surface area contributed by atoms with E-state index in [9.17, 15) is 0 Å². The van der Waals surface area contributed by atoms with E-state index in [2.05, 4.69) is 38.6 Å². The third-order valence-electron chi connectivity index (χ3n) is 2.13. The molecule has 0 saturated carbocycles. The minimum atomic E-state index is 0.00502. The summed E-state index contributed by atoms with van der Waals surface area (Å²) in [5, 5.41) is 0. The minimum absolute atomic E-state index is 0.00502. The fourth-order valence-electron chi connectivity index (χ4n) is 1.21. The van der Waals surface area contributed by atoms with E-state index in [0.717, 1.165) is 5.75 Å². The maximum absolute atomic E-state index is 5.47. The van der Waals surface area contributed by atoms with Crippen LogP contribution in [0.15, 0.2) is 24.3 Å². The molecule has 0 amide bonds. The van der Waals surface area contributed by atoms with Crippen LogP contribution in [0.1, 0.15) is 19.4 Å². The van der Waals surface area contributed by atoms with Gasteiger partial charge in [-0.15, -0.1) is 0 Å². The van der Waals surface area contributed by atoms with Crippen molar-refractivity contribution >= 4 is 12.6 Å². The molecule has 0 aliphatic carbocycles. The predicted octanol–water partition coefficient (Wildman–Crippen LogP) is 1.96. The number of hydrogen-bond donors (Lipinski definition) is 0. The summed E-state index contributed by atoms with van der Waals surface area (Å²) >= 11 is 3.67. The van der Waals surface area contributed by atoms with Crippen molar-refractivity contribution in [3.05, 3.63) is 29.8 Å². The Kier molecular flexibility index (Phi) is 4.48. The third kappa shape index (κ3) is 4.14. The molecule has 0 radical (unpaired) electrons. The van der Waals surface area contributed by atoms with Crippen LogP contribution in [-0.2, 0) is 22.1 Å². The van der Waals surface area contributed by atoms with Gasteiger partial charge in [0, 0.05) is 12.7 Å². The van der Waals surface area contributed by atoms with Gasteiger partial charge in [-0.1, -0.05) is 12.1 Å². The second kappa shape index (κ2) is 5.42. The lowest BCUT2D eigenvalue weighted by molar-refractivity contribution is 0.146. The Bertz CT molecular complexity index is 287. The first-order valence-corrected chi connectivity index (χ1v) is 5.51. The molecule has 0 atom stereocenters. The van der Waals surface area contributed by atoms with E-state index in [1.165, 1.54) is 5.56 Å². The van der Waals surface area contributed by atoms with Crippen LogP contribution in [0.2, 0.25) is 0 Å². The van der Waals surface area contributed by atoms with Gasteiger partial charge in [-0.25, -0.2) is 0 Å². The Morgan fingerprint density at radius 2 is 1.73 bits per heavy atom. The predicted molar refractivity (Wildman–Crippen MR) is 67.0 cm³/mol. The zero-order chi connectivity index (χ0) is 11.3. The third-order valence-corrected chi connectivity index (χ3v) is 2.42. The van der Waals surface area contributed by atoms with Crippen molar-refractivity contribution in [2.45, 2.75) is 18.6 Å². The highest BCUT2D eigenvalue weighted by molar-refractivity contribution is 7.59. The van der Waals surface area contributed by atoms with Crippen LogP contribution >= 0.6 is 0 Å². The second-order valence-electron chi connectivity index (χ2n) is 3.99. The molecule has 0 aromatic heterocycles. The number of methoxy groups -OCH3 is 1. The lowest BCUT2D eigenvalue weighted by Gasteiger charge is -2.12. The Labute approximate surface area is 97.0 Å². The summed E-state index contributed by atoms with van der Waals surface area (Å²) in [4.78, 5) is 0. The van der Waals surface area contributed by atoms with Crippen molar-refractivity contribution in [1.29, 1.82) is 0 Å². The van der Waals surface area contributed by atoms with Crippen LogP contribution in [0.4, 0.5) is 0 Å². The lowest BCUT2D eigenvalue weighted by Crippen LogP contribution is -2.12. The normalized spacial score (nSPS) is 11.5. The molecule has 0 saturated heterocycles. The molecule has 0 unspecified atom stereocenters. The summed E-state index contributed by atoms with van der Waals surface area (Å²) in [6.07, 6.45) is 0. The highest BCUT2D eigenvalue weighted by atomic mass is 32.1. The van der Waals surface area contributed by atoms with Gasteiger partial charge in [0.2, 0.25) is 0 Å². The molecule has 1 aromatic rings. The van der Waals surface area contributed by atoms with Gasteiger partial charge < -0.3 is 9.47 Å². The molecule has 0 aliphatic rings. The van der Waals surface area contributed by atoms with Crippen LogP contribution in [-0.4, -0.2) is 20.3 Å². The van der Waals surface area contributed by atoms with E-state index in [4.69, 9.17) is 9.47 Å². The summed E-state index contributed by atoms with van der Waals surface area (Å²) in [7, 11) is 1.67. The van der Waals surface area contributed by atoms with Gasteiger partial charge in [0.15, 0.2) is 0 Å². The summed E-state index contributed by atoms with van der Waals surface area (Å²) in [5.41, 5.74) is 1.23. The molecule has 3 heteroatoms. The van der Waals surface area contributed by atoms with Crippen LogP contribution in [0, 0.1) is 0 Å². The van der Waals surface area contributed by atoms with Crippen LogP contribution in [0.3, 0.4) is 0 Å². The summed E-state index contributed by atoms with van der Waals surface area (Å²) in [6.45, 7) is 5.44. The minimum Gasteiger partial charge on any atom is -0.491 e. The number of benzene rings is 1. The molecule has 2 nitrogen and oxygen atoms in total. The van der Waals surface area contributed by atoms with Crippen molar-refractivity contribution in [2.24, 2.45) is 0 Å². The summed E-state index contributed by atoms with van der Waals surface area (Å²) < 4.78 is 10.4. The first-order valence-electron chi connectivity index (χ1n) is 5.01. The van der Waals surface area contributed by atoms with E-state index in [1.807, 2.05) is 12.1 Å². The Hall–Kier alpha value is -0.670. The Morgan fingerprint density at radius 1 is 1.13 bits per heavy atom. The highest BCUT2D eigenvalue weighted by Crippen LogP contribution is 2.23. The highest BCUT2D eigenvalue weighted by Gasteiger charge is 2.20. The van der Waals surface area contributed by atoms with Gasteiger partial charge >= 0.3 is 0 Å². The zero-order valence-electron chi connectivity index (χ0n) is 9.54. The molecular weight excluding hydrogens is 208 g/mol. The number of hydrogen-bond acceptors (Lipinski definition) is 2. The molecule has 0 bridgehead atoms. The number of ether oxygens (including phenoxy) is 2. The van der Waals surface area contributed by atoms with Crippen molar-refractivity contribution in [1.82, 2.24) is 0 Å². The molecule has 0 heterocycles. The molecule has 1 aromatic carbocycles. The summed E-state index contributed by atoms with van der Waals surface area (Å²) in [6, 6.07) is 8.09. The Morgan fingerprint density at radius 3 is 2.20 bits per heavy atom. The largest absolute Gasteiger partial charge is 0.491 e. The summed E-state index contributed by atoms with van der Waals surface area (Å²) in [5.74, 6) is 0.881. The van der Waals surface area contributed by atoms with Gasteiger partial charge in [0.1, 0.15) is 17.1 Å². The van der Waals surface area contributed by atoms with Gasteiger partial charge in [-0.05, 0) is 38.6 Å². The lowest BCUT2D eigenvalue weighted by atomic mass is 10.0. The van der Waals surface area contributed by atoms with E-state index in [1.54, 1.807) is 7.11 Å². The number of rotatable bonds is 5. The van der Waals surface area contributed by atoms with E-state index in [-0.39, 0.29) is 4.75 Å². The second-order valence-corrected chi connectivity index (χ2v) is 5.24. The van der Waals surface area contributed by atoms with Crippen LogP contribution in [0.25, 0.3) is 0 Å². The first-order chi connectivity index (χ1) is 7.04. The van der Waals surface area contributed by atoms with Crippen LogP contribution < -0.4 is 4.74 Å². The van der Waals surface area contributed by atoms with Gasteiger partial charge in [-0.3, -0.25) is 0 Å². The van der Waals surface area contributed by atoms with E-state index in [0.29, 0.717) is 13.2 Å². The fourth-order valence-corrected chi connectivity index (χ4v) is 1.38. The average molecular weight is 227 g/mol. The van der Waals surface area contributed by atoms with Crippen molar-refractivity contribution < 1.29 is 9.47 Å². The first kappa shape index (κ1) is 12.4. The average Bonchev–Trinajstić information content (AvgIpc) is 2.18. The quantitative estimate of drug-likeness (QED) is 0.565. The zero-order valence-corrected chi connectivity index (χ0v) is 10.5. The van der Waals surface area contributed by atoms with Gasteiger partial charge in [0.05, 0.1) is 6.61 Å². The van der Waals surface area contributed by atoms with Gasteiger partial charge in [-0.2, -0.15) is 0 Å². The molecule has 15 heavy (non-hydrogen) atoms. The maximum Gasteiger partial charge on any atom is 0.143 e. The Balaban J connectivity index is 2.57. The molecule has 84 valence electrons. The fraction of sp³-hybridized carbons (Fsp3) is 0.500. The molecule has 0 fully saturated rings. The van der Waals surface area contributed by atoms with E-state index < -0.39 is 0 Å².